The SMILES string of the molecule is COc1ccc(-c2cc(=O)[nH]c(SCC(=O)Nc3ccccc3F)n2)cc1. The van der Waals surface area contributed by atoms with Gasteiger partial charge in [-0.05, 0) is 36.4 Å². The molecule has 0 bridgehead atoms. The largest absolute Gasteiger partial charge is 0.497 e. The van der Waals surface area contributed by atoms with E-state index in [1.54, 1.807) is 43.5 Å². The molecule has 0 spiro atoms. The van der Waals surface area contributed by atoms with E-state index in [-0.39, 0.29) is 17.0 Å². The van der Waals surface area contributed by atoms with Gasteiger partial charge >= 0.3 is 0 Å². The monoisotopic (exact) mass is 385 g/mol. The third kappa shape index (κ3) is 4.95. The zero-order valence-corrected chi connectivity index (χ0v) is 15.2. The van der Waals surface area contributed by atoms with Crippen LogP contribution >= 0.6 is 11.8 Å². The minimum absolute atomic E-state index is 0.0245. The van der Waals surface area contributed by atoms with Gasteiger partial charge < -0.3 is 15.0 Å². The number of rotatable bonds is 6. The summed E-state index contributed by atoms with van der Waals surface area (Å²) in [4.78, 5) is 30.9. The van der Waals surface area contributed by atoms with E-state index in [4.69, 9.17) is 4.74 Å². The van der Waals surface area contributed by atoms with Gasteiger partial charge in [-0.15, -0.1) is 0 Å². The number of methoxy groups -OCH3 is 1. The molecule has 0 fully saturated rings. The van der Waals surface area contributed by atoms with Crippen LogP contribution in [0, 0.1) is 5.82 Å². The van der Waals surface area contributed by atoms with Crippen molar-refractivity contribution in [1.29, 1.82) is 0 Å². The Morgan fingerprint density at radius 3 is 2.67 bits per heavy atom. The molecule has 2 aromatic carbocycles. The van der Waals surface area contributed by atoms with Gasteiger partial charge in [0.25, 0.3) is 5.56 Å². The van der Waals surface area contributed by atoms with Gasteiger partial charge in [0.15, 0.2) is 5.16 Å². The normalized spacial score (nSPS) is 10.4. The minimum atomic E-state index is -0.510. The molecule has 8 heteroatoms. The van der Waals surface area contributed by atoms with Crippen molar-refractivity contribution >= 4 is 23.4 Å². The molecule has 0 unspecified atom stereocenters. The van der Waals surface area contributed by atoms with Crippen molar-refractivity contribution in [2.45, 2.75) is 5.16 Å². The van der Waals surface area contributed by atoms with Gasteiger partial charge in [0, 0.05) is 11.6 Å². The highest BCUT2D eigenvalue weighted by atomic mass is 32.2. The Labute approximate surface area is 158 Å². The van der Waals surface area contributed by atoms with Crippen LogP contribution in [-0.2, 0) is 4.79 Å². The van der Waals surface area contributed by atoms with Crippen LogP contribution in [0.4, 0.5) is 10.1 Å². The second-order valence-corrected chi connectivity index (χ2v) is 6.45. The molecular weight excluding hydrogens is 369 g/mol. The summed E-state index contributed by atoms with van der Waals surface area (Å²) in [6.45, 7) is 0. The average Bonchev–Trinajstić information content (AvgIpc) is 2.68. The summed E-state index contributed by atoms with van der Waals surface area (Å²) in [6.07, 6.45) is 0. The fourth-order valence-electron chi connectivity index (χ4n) is 2.30. The predicted octanol–water partition coefficient (Wildman–Crippen LogP) is 3.32. The molecule has 6 nitrogen and oxygen atoms in total. The molecule has 138 valence electrons. The van der Waals surface area contributed by atoms with Crippen LogP contribution in [0.1, 0.15) is 0 Å². The van der Waals surface area contributed by atoms with Gasteiger partial charge in [-0.1, -0.05) is 23.9 Å². The number of halogens is 1. The van der Waals surface area contributed by atoms with E-state index < -0.39 is 11.7 Å². The van der Waals surface area contributed by atoms with Crippen LogP contribution < -0.4 is 15.6 Å². The Kier molecular flexibility index (Phi) is 5.87. The standard InChI is InChI=1S/C19H16FN3O3S/c1-26-13-8-6-12(7-9-13)16-10-17(24)23-19(22-16)27-11-18(25)21-15-5-3-2-4-14(15)20/h2-10H,11H2,1H3,(H,21,25)(H,22,23,24). The quantitative estimate of drug-likeness (QED) is 0.502. The van der Waals surface area contributed by atoms with E-state index in [1.165, 1.54) is 18.2 Å². The highest BCUT2D eigenvalue weighted by Gasteiger charge is 2.10. The third-order valence-electron chi connectivity index (χ3n) is 3.59. The van der Waals surface area contributed by atoms with Crippen LogP contribution in [0.25, 0.3) is 11.3 Å². The van der Waals surface area contributed by atoms with Gasteiger partial charge in [-0.25, -0.2) is 9.37 Å². The Hall–Kier alpha value is -3.13. The zero-order valence-electron chi connectivity index (χ0n) is 14.4. The van der Waals surface area contributed by atoms with E-state index >= 15 is 0 Å². The highest BCUT2D eigenvalue weighted by molar-refractivity contribution is 7.99. The number of aromatic amines is 1. The van der Waals surface area contributed by atoms with Crippen molar-refractivity contribution in [2.24, 2.45) is 0 Å². The number of nitrogens with zero attached hydrogens (tertiary/aromatic N) is 1. The van der Waals surface area contributed by atoms with Gasteiger partial charge in [0.2, 0.25) is 5.91 Å². The van der Waals surface area contributed by atoms with Crippen molar-refractivity contribution in [1.82, 2.24) is 9.97 Å². The first-order chi connectivity index (χ1) is 13.0. The number of benzene rings is 2. The Bertz CT molecular complexity index is 1010. The number of nitrogens with one attached hydrogen (secondary N) is 2. The second-order valence-electron chi connectivity index (χ2n) is 5.48. The topological polar surface area (TPSA) is 84.1 Å². The summed E-state index contributed by atoms with van der Waals surface area (Å²) in [7, 11) is 1.57. The Morgan fingerprint density at radius 1 is 1.22 bits per heavy atom. The number of anilines is 1. The van der Waals surface area contributed by atoms with Gasteiger partial charge in [-0.2, -0.15) is 0 Å². The number of carbonyl (C=O) groups excluding carboxylic acids is 1. The minimum Gasteiger partial charge on any atom is -0.497 e. The first-order valence-corrected chi connectivity index (χ1v) is 8.96. The van der Waals surface area contributed by atoms with Crippen molar-refractivity contribution in [2.75, 3.05) is 18.2 Å². The average molecular weight is 385 g/mol. The Balaban J connectivity index is 1.70. The van der Waals surface area contributed by atoms with Crippen molar-refractivity contribution in [3.05, 3.63) is 70.8 Å². The lowest BCUT2D eigenvalue weighted by Gasteiger charge is -2.07. The summed E-state index contributed by atoms with van der Waals surface area (Å²) < 4.78 is 18.7. The molecule has 0 saturated carbocycles. The van der Waals surface area contributed by atoms with Gasteiger partial charge in [0.05, 0.1) is 24.2 Å². The summed E-state index contributed by atoms with van der Waals surface area (Å²) in [5, 5.41) is 2.79. The second kappa shape index (κ2) is 8.50. The number of carbonyl (C=O) groups is 1. The number of ether oxygens (including phenoxy) is 1. The maximum atomic E-state index is 13.6. The van der Waals surface area contributed by atoms with Crippen LogP contribution in [0.2, 0.25) is 0 Å². The molecular formula is C19H16FN3O3S. The summed E-state index contributed by atoms with van der Waals surface area (Å²) in [6, 6.07) is 14.4. The molecule has 1 aromatic heterocycles. The molecule has 0 atom stereocenters. The lowest BCUT2D eigenvalue weighted by molar-refractivity contribution is -0.113. The number of H-pyrrole nitrogens is 1. The van der Waals surface area contributed by atoms with E-state index in [0.29, 0.717) is 16.6 Å². The van der Waals surface area contributed by atoms with Crippen LogP contribution in [0.3, 0.4) is 0 Å². The number of thioether (sulfide) groups is 1. The predicted molar refractivity (Wildman–Crippen MR) is 103 cm³/mol. The molecule has 1 amide bonds. The van der Waals surface area contributed by atoms with E-state index in [1.807, 2.05) is 0 Å². The van der Waals surface area contributed by atoms with E-state index in [2.05, 4.69) is 15.3 Å². The maximum Gasteiger partial charge on any atom is 0.252 e. The van der Waals surface area contributed by atoms with Gasteiger partial charge in [-0.3, -0.25) is 9.59 Å². The van der Waals surface area contributed by atoms with Crippen LogP contribution in [0.5, 0.6) is 5.75 Å². The number of aromatic nitrogens is 2. The van der Waals surface area contributed by atoms with E-state index in [9.17, 15) is 14.0 Å². The number of para-hydroxylation sites is 1. The molecule has 0 radical (unpaired) electrons. The van der Waals surface area contributed by atoms with E-state index in [0.717, 1.165) is 17.3 Å². The lowest BCUT2D eigenvalue weighted by atomic mass is 10.1. The molecule has 0 aliphatic carbocycles. The fraction of sp³-hybridized carbons (Fsp3) is 0.105. The Morgan fingerprint density at radius 2 is 1.96 bits per heavy atom. The molecule has 3 rings (SSSR count). The molecule has 2 N–H and O–H groups in total. The molecule has 0 saturated heterocycles. The summed E-state index contributed by atoms with van der Waals surface area (Å²) in [5.41, 5.74) is 1.02. The number of amides is 1. The smallest absolute Gasteiger partial charge is 0.252 e. The molecule has 1 heterocycles. The van der Waals surface area contributed by atoms with Crippen molar-refractivity contribution < 1.29 is 13.9 Å². The number of hydrogen-bond acceptors (Lipinski definition) is 5. The summed E-state index contributed by atoms with van der Waals surface area (Å²) >= 11 is 1.06. The lowest BCUT2D eigenvalue weighted by Crippen LogP contribution is -2.16. The first kappa shape index (κ1) is 18.7. The van der Waals surface area contributed by atoms with Crippen molar-refractivity contribution in [3.8, 4) is 17.0 Å². The number of hydrogen-bond donors (Lipinski definition) is 2. The molecule has 27 heavy (non-hydrogen) atoms. The zero-order chi connectivity index (χ0) is 19.2. The molecule has 3 aromatic rings. The van der Waals surface area contributed by atoms with Crippen LogP contribution in [0.15, 0.2) is 64.5 Å². The molecule has 0 aliphatic rings. The molecule has 0 aliphatic heterocycles. The summed E-state index contributed by atoms with van der Waals surface area (Å²) in [5.74, 6) is -0.238. The van der Waals surface area contributed by atoms with Crippen LogP contribution in [-0.4, -0.2) is 28.7 Å². The fourth-order valence-corrected chi connectivity index (χ4v) is 2.97. The highest BCUT2D eigenvalue weighted by Crippen LogP contribution is 2.22. The van der Waals surface area contributed by atoms with Crippen molar-refractivity contribution in [3.63, 3.8) is 0 Å². The first-order valence-electron chi connectivity index (χ1n) is 7.98. The maximum absolute atomic E-state index is 13.6. The van der Waals surface area contributed by atoms with Gasteiger partial charge in [0.1, 0.15) is 11.6 Å². The third-order valence-corrected chi connectivity index (χ3v) is 4.47.